The molecule has 0 radical (unpaired) electrons. The summed E-state index contributed by atoms with van der Waals surface area (Å²) in [6.45, 7) is 4.81. The van der Waals surface area contributed by atoms with Gasteiger partial charge < -0.3 is 10.8 Å². The van der Waals surface area contributed by atoms with Gasteiger partial charge in [-0.3, -0.25) is 0 Å². The molecule has 0 amide bonds. The topological polar surface area (TPSA) is 46.2 Å². The molecule has 0 aromatic heterocycles. The van der Waals surface area contributed by atoms with Crippen LogP contribution in [-0.4, -0.2) is 17.8 Å². The molecule has 0 aliphatic heterocycles. The number of rotatable bonds is 3. The molecular formula is C8H17NO. The first-order chi connectivity index (χ1) is 4.67. The molecule has 10 heavy (non-hydrogen) atoms. The minimum Gasteiger partial charge on any atom is -0.393 e. The fraction of sp³-hybridized carbons (Fsp3) is 1.00. The maximum absolute atomic E-state index is 9.54. The number of nitrogens with two attached hydrogens (primary N) is 1. The average molecular weight is 143 g/mol. The van der Waals surface area contributed by atoms with Crippen LogP contribution in [0.2, 0.25) is 0 Å². The Kier molecular flexibility index (Phi) is 2.02. The minimum absolute atomic E-state index is 0.0920. The molecule has 0 spiro atoms. The van der Waals surface area contributed by atoms with Crippen LogP contribution in [-0.2, 0) is 0 Å². The van der Waals surface area contributed by atoms with Crippen molar-refractivity contribution in [2.45, 2.75) is 32.8 Å². The van der Waals surface area contributed by atoms with Gasteiger partial charge in [0.05, 0.1) is 6.10 Å². The van der Waals surface area contributed by atoms with Gasteiger partial charge in [0.1, 0.15) is 0 Å². The van der Waals surface area contributed by atoms with Crippen molar-refractivity contribution in [1.29, 1.82) is 0 Å². The van der Waals surface area contributed by atoms with Crippen LogP contribution in [0.25, 0.3) is 0 Å². The van der Waals surface area contributed by atoms with Crippen LogP contribution < -0.4 is 5.73 Å². The van der Waals surface area contributed by atoms with Gasteiger partial charge in [-0.25, -0.2) is 0 Å². The van der Waals surface area contributed by atoms with Crippen molar-refractivity contribution in [3.8, 4) is 0 Å². The lowest BCUT2D eigenvalue weighted by atomic mass is 9.95. The summed E-state index contributed by atoms with van der Waals surface area (Å²) < 4.78 is 0. The molecular weight excluding hydrogens is 126 g/mol. The molecule has 1 aliphatic rings. The first kappa shape index (κ1) is 8.02. The van der Waals surface area contributed by atoms with Crippen LogP contribution in [0.5, 0.6) is 0 Å². The second kappa shape index (κ2) is 2.51. The maximum atomic E-state index is 9.54. The van der Waals surface area contributed by atoms with E-state index >= 15 is 0 Å². The van der Waals surface area contributed by atoms with Crippen molar-refractivity contribution >= 4 is 0 Å². The van der Waals surface area contributed by atoms with Crippen LogP contribution >= 0.6 is 0 Å². The Labute approximate surface area is 62.4 Å². The van der Waals surface area contributed by atoms with E-state index in [-0.39, 0.29) is 11.5 Å². The van der Waals surface area contributed by atoms with E-state index in [0.717, 1.165) is 12.8 Å². The standard InChI is InChI=1S/C8H17NO/c1-3-7(10)8(5-9)4-6(8)2/h6-7,10H,3-5,9H2,1-2H3/t6-,7+,8+/m1/s1. The highest BCUT2D eigenvalue weighted by molar-refractivity contribution is 5.04. The molecule has 1 aliphatic carbocycles. The first-order valence-corrected chi connectivity index (χ1v) is 4.05. The predicted molar refractivity (Wildman–Crippen MR) is 41.6 cm³/mol. The average Bonchev–Trinajstić information content (AvgIpc) is 2.61. The zero-order valence-corrected chi connectivity index (χ0v) is 6.80. The highest BCUT2D eigenvalue weighted by Gasteiger charge is 2.54. The lowest BCUT2D eigenvalue weighted by molar-refractivity contribution is 0.0852. The highest BCUT2D eigenvalue weighted by atomic mass is 16.3. The number of aliphatic hydroxyl groups excluding tert-OH is 1. The molecule has 0 heterocycles. The van der Waals surface area contributed by atoms with E-state index in [4.69, 9.17) is 5.73 Å². The van der Waals surface area contributed by atoms with E-state index in [9.17, 15) is 5.11 Å². The Morgan fingerprint density at radius 3 is 2.40 bits per heavy atom. The van der Waals surface area contributed by atoms with Crippen molar-refractivity contribution < 1.29 is 5.11 Å². The second-order valence-electron chi connectivity index (χ2n) is 3.47. The van der Waals surface area contributed by atoms with Gasteiger partial charge in [0.15, 0.2) is 0 Å². The molecule has 3 atom stereocenters. The van der Waals surface area contributed by atoms with E-state index < -0.39 is 0 Å². The summed E-state index contributed by atoms with van der Waals surface area (Å²) in [5, 5.41) is 9.54. The Morgan fingerprint density at radius 1 is 1.80 bits per heavy atom. The molecule has 60 valence electrons. The molecule has 1 saturated carbocycles. The first-order valence-electron chi connectivity index (χ1n) is 4.05. The third-order valence-corrected chi connectivity index (χ3v) is 2.94. The molecule has 0 aromatic carbocycles. The van der Waals surface area contributed by atoms with Gasteiger partial charge in [0, 0.05) is 12.0 Å². The van der Waals surface area contributed by atoms with Crippen LogP contribution in [0.3, 0.4) is 0 Å². The molecule has 1 fully saturated rings. The molecule has 0 saturated heterocycles. The quantitative estimate of drug-likeness (QED) is 0.612. The minimum atomic E-state index is -0.174. The monoisotopic (exact) mass is 143 g/mol. The Balaban J connectivity index is 2.51. The Hall–Kier alpha value is -0.0800. The van der Waals surface area contributed by atoms with E-state index in [0.29, 0.717) is 12.5 Å². The highest BCUT2D eigenvalue weighted by Crippen LogP contribution is 2.54. The van der Waals surface area contributed by atoms with E-state index in [1.165, 1.54) is 0 Å². The molecule has 0 bridgehead atoms. The lowest BCUT2D eigenvalue weighted by Crippen LogP contribution is -2.30. The second-order valence-corrected chi connectivity index (χ2v) is 3.47. The summed E-state index contributed by atoms with van der Waals surface area (Å²) in [6.07, 6.45) is 1.77. The third kappa shape index (κ3) is 0.956. The summed E-state index contributed by atoms with van der Waals surface area (Å²) in [5.41, 5.74) is 5.67. The Morgan fingerprint density at radius 2 is 2.30 bits per heavy atom. The van der Waals surface area contributed by atoms with Crippen molar-refractivity contribution in [2.24, 2.45) is 17.1 Å². The zero-order valence-electron chi connectivity index (χ0n) is 6.80. The van der Waals surface area contributed by atoms with Gasteiger partial charge in [0.25, 0.3) is 0 Å². The molecule has 2 nitrogen and oxygen atoms in total. The fourth-order valence-corrected chi connectivity index (χ4v) is 1.80. The lowest BCUT2D eigenvalue weighted by Gasteiger charge is -2.19. The smallest absolute Gasteiger partial charge is 0.0608 e. The molecule has 3 N–H and O–H groups in total. The normalized spacial score (nSPS) is 41.4. The van der Waals surface area contributed by atoms with Gasteiger partial charge in [-0.2, -0.15) is 0 Å². The van der Waals surface area contributed by atoms with Crippen LogP contribution in [0.4, 0.5) is 0 Å². The Bertz CT molecular complexity index is 122. The van der Waals surface area contributed by atoms with Gasteiger partial charge in [-0.05, 0) is 18.8 Å². The molecule has 2 heteroatoms. The largest absolute Gasteiger partial charge is 0.393 e. The number of aliphatic hydroxyl groups is 1. The van der Waals surface area contributed by atoms with E-state index in [2.05, 4.69) is 6.92 Å². The van der Waals surface area contributed by atoms with Crippen LogP contribution in [0, 0.1) is 11.3 Å². The maximum Gasteiger partial charge on any atom is 0.0608 e. The van der Waals surface area contributed by atoms with Crippen molar-refractivity contribution in [3.05, 3.63) is 0 Å². The van der Waals surface area contributed by atoms with Crippen LogP contribution in [0.1, 0.15) is 26.7 Å². The summed E-state index contributed by atoms with van der Waals surface area (Å²) in [4.78, 5) is 0. The molecule has 0 aromatic rings. The van der Waals surface area contributed by atoms with Crippen LogP contribution in [0.15, 0.2) is 0 Å². The van der Waals surface area contributed by atoms with Crippen molar-refractivity contribution in [2.75, 3.05) is 6.54 Å². The van der Waals surface area contributed by atoms with Crippen molar-refractivity contribution in [3.63, 3.8) is 0 Å². The summed E-state index contributed by atoms with van der Waals surface area (Å²) in [7, 11) is 0. The van der Waals surface area contributed by atoms with E-state index in [1.54, 1.807) is 0 Å². The predicted octanol–water partition coefficient (Wildman–Crippen LogP) is 0.742. The molecule has 1 rings (SSSR count). The summed E-state index contributed by atoms with van der Waals surface area (Å²) in [6, 6.07) is 0. The van der Waals surface area contributed by atoms with Gasteiger partial charge in [0.2, 0.25) is 0 Å². The number of hydrogen-bond acceptors (Lipinski definition) is 2. The van der Waals surface area contributed by atoms with Gasteiger partial charge >= 0.3 is 0 Å². The molecule has 0 unspecified atom stereocenters. The summed E-state index contributed by atoms with van der Waals surface area (Å²) >= 11 is 0. The van der Waals surface area contributed by atoms with E-state index in [1.807, 2.05) is 6.92 Å². The van der Waals surface area contributed by atoms with Gasteiger partial charge in [-0.15, -0.1) is 0 Å². The third-order valence-electron chi connectivity index (χ3n) is 2.94. The van der Waals surface area contributed by atoms with Gasteiger partial charge in [-0.1, -0.05) is 13.8 Å². The zero-order chi connectivity index (χ0) is 7.78. The SMILES string of the molecule is CC[C@H](O)[C@]1(CN)C[C@H]1C. The number of hydrogen-bond donors (Lipinski definition) is 2. The summed E-state index contributed by atoms with van der Waals surface area (Å²) in [5.74, 6) is 0.632. The van der Waals surface area contributed by atoms with Crippen molar-refractivity contribution in [1.82, 2.24) is 0 Å². The fourth-order valence-electron chi connectivity index (χ4n) is 1.80.